The van der Waals surface area contributed by atoms with Crippen LogP contribution in [0.15, 0.2) is 11.6 Å². The van der Waals surface area contributed by atoms with Crippen LogP contribution in [-0.4, -0.2) is 0 Å². The fraction of sp³-hybridized carbons (Fsp3) is 0.833. The van der Waals surface area contributed by atoms with Crippen LogP contribution in [0.5, 0.6) is 0 Å². The molecule has 0 rings (SSSR count). The molecule has 0 aliphatic rings. The molecule has 0 aromatic rings. The molecule has 0 radical (unpaired) electrons. The third kappa shape index (κ3) is 7.84. The minimum atomic E-state index is 0.792. The zero-order valence-electron chi connectivity index (χ0n) is 9.78. The Bertz CT molecular complexity index is 101. The predicted octanol–water partition coefficient (Wildman–Crippen LogP) is 4.81. The number of hydrogen-bond donors (Lipinski definition) is 0. The Hall–Kier alpha value is -0.260. The van der Waals surface area contributed by atoms with Crippen molar-refractivity contribution in [3.63, 3.8) is 0 Å². The molecule has 0 saturated carbocycles. The summed E-state index contributed by atoms with van der Waals surface area (Å²) in [5, 5.41) is 0. The average molecular weight is 170 g/mol. The third-order valence-electron chi connectivity index (χ3n) is 2.02. The second-order valence-corrected chi connectivity index (χ2v) is 3.23. The SMILES string of the molecule is C/C=C(\CC)C(C)CC.CCC. The Kier molecular flexibility index (Phi) is 12.8. The van der Waals surface area contributed by atoms with Gasteiger partial charge in [0, 0.05) is 0 Å². The summed E-state index contributed by atoms with van der Waals surface area (Å²) in [6.45, 7) is 13.1. The highest BCUT2D eigenvalue weighted by molar-refractivity contribution is 5.02. The van der Waals surface area contributed by atoms with E-state index in [4.69, 9.17) is 0 Å². The molecule has 0 amide bonds. The molecule has 0 aliphatic carbocycles. The predicted molar refractivity (Wildman–Crippen MR) is 59.5 cm³/mol. The van der Waals surface area contributed by atoms with Gasteiger partial charge in [-0.05, 0) is 25.7 Å². The van der Waals surface area contributed by atoms with Crippen molar-refractivity contribution in [2.75, 3.05) is 0 Å². The molecule has 74 valence electrons. The van der Waals surface area contributed by atoms with E-state index in [2.05, 4.69) is 47.6 Å². The molecule has 1 unspecified atom stereocenters. The van der Waals surface area contributed by atoms with Crippen LogP contribution in [0.1, 0.15) is 60.8 Å². The minimum absolute atomic E-state index is 0.792. The lowest BCUT2D eigenvalue weighted by Gasteiger charge is -2.10. The molecule has 0 aromatic heterocycles. The molecular weight excluding hydrogens is 144 g/mol. The summed E-state index contributed by atoms with van der Waals surface area (Å²) in [4.78, 5) is 0. The Morgan fingerprint density at radius 1 is 1.17 bits per heavy atom. The maximum atomic E-state index is 2.29. The Morgan fingerprint density at radius 2 is 1.58 bits per heavy atom. The fourth-order valence-electron chi connectivity index (χ4n) is 1.10. The minimum Gasteiger partial charge on any atom is -0.0882 e. The van der Waals surface area contributed by atoms with Crippen molar-refractivity contribution in [1.82, 2.24) is 0 Å². The first kappa shape index (κ1) is 14.3. The number of allylic oxidation sites excluding steroid dienone is 2. The van der Waals surface area contributed by atoms with Crippen LogP contribution in [-0.2, 0) is 0 Å². The van der Waals surface area contributed by atoms with Gasteiger partial charge in [0.2, 0.25) is 0 Å². The van der Waals surface area contributed by atoms with Gasteiger partial charge < -0.3 is 0 Å². The summed E-state index contributed by atoms with van der Waals surface area (Å²) in [6.07, 6.45) is 5.98. The van der Waals surface area contributed by atoms with E-state index in [-0.39, 0.29) is 0 Å². The molecule has 0 saturated heterocycles. The van der Waals surface area contributed by atoms with Crippen molar-refractivity contribution in [3.8, 4) is 0 Å². The van der Waals surface area contributed by atoms with Gasteiger partial charge in [0.25, 0.3) is 0 Å². The van der Waals surface area contributed by atoms with Crippen molar-refractivity contribution in [2.45, 2.75) is 60.8 Å². The summed E-state index contributed by atoms with van der Waals surface area (Å²) >= 11 is 0. The van der Waals surface area contributed by atoms with Crippen LogP contribution < -0.4 is 0 Å². The van der Waals surface area contributed by atoms with Gasteiger partial charge in [0.1, 0.15) is 0 Å². The largest absolute Gasteiger partial charge is 0.0882 e. The summed E-state index contributed by atoms with van der Waals surface area (Å²) in [7, 11) is 0. The maximum Gasteiger partial charge on any atom is -0.0235 e. The van der Waals surface area contributed by atoms with Crippen LogP contribution in [0.25, 0.3) is 0 Å². The smallest absolute Gasteiger partial charge is 0.0235 e. The van der Waals surface area contributed by atoms with E-state index in [1.807, 2.05) is 0 Å². The van der Waals surface area contributed by atoms with Gasteiger partial charge in [0.05, 0.1) is 0 Å². The first-order valence-corrected chi connectivity index (χ1v) is 5.32. The van der Waals surface area contributed by atoms with Gasteiger partial charge in [-0.25, -0.2) is 0 Å². The third-order valence-corrected chi connectivity index (χ3v) is 2.02. The van der Waals surface area contributed by atoms with Gasteiger partial charge in [-0.15, -0.1) is 0 Å². The summed E-state index contributed by atoms with van der Waals surface area (Å²) in [6, 6.07) is 0. The van der Waals surface area contributed by atoms with Crippen molar-refractivity contribution >= 4 is 0 Å². The van der Waals surface area contributed by atoms with Crippen LogP contribution >= 0.6 is 0 Å². The van der Waals surface area contributed by atoms with E-state index in [1.54, 1.807) is 5.57 Å². The number of hydrogen-bond acceptors (Lipinski definition) is 0. The van der Waals surface area contributed by atoms with Crippen molar-refractivity contribution in [1.29, 1.82) is 0 Å². The molecule has 0 N–H and O–H groups in total. The lowest BCUT2D eigenvalue weighted by atomic mass is 9.96. The highest BCUT2D eigenvalue weighted by atomic mass is 14.1. The van der Waals surface area contributed by atoms with E-state index >= 15 is 0 Å². The van der Waals surface area contributed by atoms with Crippen LogP contribution in [0.4, 0.5) is 0 Å². The summed E-state index contributed by atoms with van der Waals surface area (Å²) in [5.74, 6) is 0.792. The van der Waals surface area contributed by atoms with Gasteiger partial charge in [-0.2, -0.15) is 0 Å². The van der Waals surface area contributed by atoms with E-state index in [0.29, 0.717) is 0 Å². The second-order valence-electron chi connectivity index (χ2n) is 3.23. The van der Waals surface area contributed by atoms with Crippen molar-refractivity contribution < 1.29 is 0 Å². The van der Waals surface area contributed by atoms with Crippen LogP contribution in [0.2, 0.25) is 0 Å². The highest BCUT2D eigenvalue weighted by Crippen LogP contribution is 2.16. The highest BCUT2D eigenvalue weighted by Gasteiger charge is 2.00. The van der Waals surface area contributed by atoms with E-state index < -0.39 is 0 Å². The van der Waals surface area contributed by atoms with E-state index in [9.17, 15) is 0 Å². The molecule has 0 spiro atoms. The Balaban J connectivity index is 0. The standard InChI is InChI=1S/C9H18.C3H8/c1-5-8(4)9(6-2)7-3;1-3-2/h6,8H,5,7H2,1-4H3;3H2,1-2H3/b9-6+;. The Labute approximate surface area is 79.1 Å². The molecule has 0 fully saturated rings. The molecule has 1 atom stereocenters. The average Bonchev–Trinajstić information content (AvgIpc) is 2.08. The molecule has 0 bridgehead atoms. The molecule has 0 nitrogen and oxygen atoms in total. The molecular formula is C12H26. The summed E-state index contributed by atoms with van der Waals surface area (Å²) < 4.78 is 0. The van der Waals surface area contributed by atoms with Gasteiger partial charge in [-0.3, -0.25) is 0 Å². The van der Waals surface area contributed by atoms with Crippen LogP contribution in [0.3, 0.4) is 0 Å². The Morgan fingerprint density at radius 3 is 1.67 bits per heavy atom. The maximum absolute atomic E-state index is 2.29. The lowest BCUT2D eigenvalue weighted by Crippen LogP contribution is -1.95. The van der Waals surface area contributed by atoms with Crippen molar-refractivity contribution in [2.24, 2.45) is 5.92 Å². The molecule has 0 heteroatoms. The summed E-state index contributed by atoms with van der Waals surface area (Å²) in [5.41, 5.74) is 1.59. The van der Waals surface area contributed by atoms with E-state index in [1.165, 1.54) is 19.3 Å². The molecule has 12 heavy (non-hydrogen) atoms. The second kappa shape index (κ2) is 10.7. The van der Waals surface area contributed by atoms with Gasteiger partial charge in [-0.1, -0.05) is 52.7 Å². The van der Waals surface area contributed by atoms with Gasteiger partial charge >= 0.3 is 0 Å². The van der Waals surface area contributed by atoms with Crippen molar-refractivity contribution in [3.05, 3.63) is 11.6 Å². The number of rotatable bonds is 3. The lowest BCUT2D eigenvalue weighted by molar-refractivity contribution is 0.632. The fourth-order valence-corrected chi connectivity index (χ4v) is 1.10. The zero-order valence-corrected chi connectivity index (χ0v) is 9.78. The zero-order chi connectivity index (χ0) is 9.98. The van der Waals surface area contributed by atoms with Gasteiger partial charge in [0.15, 0.2) is 0 Å². The quantitative estimate of drug-likeness (QED) is 0.533. The topological polar surface area (TPSA) is 0 Å². The molecule has 0 heterocycles. The monoisotopic (exact) mass is 170 g/mol. The first-order valence-electron chi connectivity index (χ1n) is 5.32. The van der Waals surface area contributed by atoms with Crippen LogP contribution in [0, 0.1) is 5.92 Å². The molecule has 0 aromatic carbocycles. The molecule has 0 aliphatic heterocycles. The van der Waals surface area contributed by atoms with E-state index in [0.717, 1.165) is 5.92 Å². The normalized spacial score (nSPS) is 13.3. The first-order chi connectivity index (χ1) is 5.67.